The number of nitrogens with one attached hydrogen (secondary N) is 2. The van der Waals surface area contributed by atoms with E-state index in [4.69, 9.17) is 9.47 Å². The Kier molecular flexibility index (Phi) is 5.19. The van der Waals surface area contributed by atoms with E-state index in [1.807, 2.05) is 35.4 Å². The number of fused-ring (bicyclic) bond motifs is 2. The molecule has 0 spiro atoms. The first-order valence-electron chi connectivity index (χ1n) is 10.4. The number of amides is 2. The fourth-order valence-electron chi connectivity index (χ4n) is 4.16. The second-order valence-electron chi connectivity index (χ2n) is 7.79. The van der Waals surface area contributed by atoms with Crippen molar-refractivity contribution >= 4 is 16.9 Å². The molecule has 0 aliphatic carbocycles. The molecule has 7 nitrogen and oxygen atoms in total. The van der Waals surface area contributed by atoms with E-state index in [0.29, 0.717) is 13.3 Å². The van der Waals surface area contributed by atoms with Crippen LogP contribution < -0.4 is 14.8 Å². The SMILES string of the molecule is O=C(NCCc1c[nH]c2ccccc12)N1CCN(Cc2ccc3c(c2)OCO3)CC1. The molecule has 0 unspecified atom stereocenters. The minimum absolute atomic E-state index is 0.0255. The third-order valence-electron chi connectivity index (χ3n) is 5.85. The van der Waals surface area contributed by atoms with Gasteiger partial charge in [0, 0.05) is 56.4 Å². The number of para-hydroxylation sites is 1. The number of hydrogen-bond donors (Lipinski definition) is 2. The molecule has 5 rings (SSSR count). The summed E-state index contributed by atoms with van der Waals surface area (Å²) in [7, 11) is 0. The number of piperazine rings is 1. The maximum atomic E-state index is 12.5. The quantitative estimate of drug-likeness (QED) is 0.684. The third-order valence-corrected chi connectivity index (χ3v) is 5.85. The highest BCUT2D eigenvalue weighted by Gasteiger charge is 2.22. The molecule has 0 bridgehead atoms. The second-order valence-corrected chi connectivity index (χ2v) is 7.79. The maximum Gasteiger partial charge on any atom is 0.317 e. The molecule has 30 heavy (non-hydrogen) atoms. The Balaban J connectivity index is 1.07. The highest BCUT2D eigenvalue weighted by molar-refractivity contribution is 5.83. The molecule has 1 aromatic heterocycles. The normalized spacial score (nSPS) is 16.2. The van der Waals surface area contributed by atoms with Crippen LogP contribution in [0.5, 0.6) is 11.5 Å². The smallest absolute Gasteiger partial charge is 0.317 e. The molecule has 2 aliphatic heterocycles. The molecule has 2 amide bonds. The molecular weight excluding hydrogens is 380 g/mol. The van der Waals surface area contributed by atoms with Gasteiger partial charge in [-0.05, 0) is 35.7 Å². The molecule has 0 radical (unpaired) electrons. The number of nitrogens with zero attached hydrogens (tertiary/aromatic N) is 2. The predicted octanol–water partition coefficient (Wildman–Crippen LogP) is 2.97. The number of H-pyrrole nitrogens is 1. The first-order valence-corrected chi connectivity index (χ1v) is 10.4. The summed E-state index contributed by atoms with van der Waals surface area (Å²) in [6.07, 6.45) is 2.85. The highest BCUT2D eigenvalue weighted by atomic mass is 16.7. The van der Waals surface area contributed by atoms with Crippen molar-refractivity contribution in [2.45, 2.75) is 13.0 Å². The van der Waals surface area contributed by atoms with Gasteiger partial charge >= 0.3 is 6.03 Å². The molecule has 0 atom stereocenters. The summed E-state index contributed by atoms with van der Waals surface area (Å²) in [6.45, 7) is 5.00. The van der Waals surface area contributed by atoms with Crippen LogP contribution in [0.1, 0.15) is 11.1 Å². The molecule has 1 saturated heterocycles. The zero-order chi connectivity index (χ0) is 20.3. The summed E-state index contributed by atoms with van der Waals surface area (Å²) < 4.78 is 10.8. The van der Waals surface area contributed by atoms with Crippen LogP contribution in [0, 0.1) is 0 Å². The third kappa shape index (κ3) is 3.93. The van der Waals surface area contributed by atoms with E-state index < -0.39 is 0 Å². The van der Waals surface area contributed by atoms with Gasteiger partial charge in [0.2, 0.25) is 6.79 Å². The number of aromatic amines is 1. The van der Waals surface area contributed by atoms with E-state index >= 15 is 0 Å². The zero-order valence-electron chi connectivity index (χ0n) is 16.9. The zero-order valence-corrected chi connectivity index (χ0v) is 16.9. The van der Waals surface area contributed by atoms with Crippen molar-refractivity contribution in [2.24, 2.45) is 0 Å². The van der Waals surface area contributed by atoms with Crippen LogP contribution in [0.2, 0.25) is 0 Å². The van der Waals surface area contributed by atoms with Crippen molar-refractivity contribution in [1.82, 2.24) is 20.1 Å². The Morgan fingerprint density at radius 3 is 2.77 bits per heavy atom. The number of benzene rings is 2. The largest absolute Gasteiger partial charge is 0.454 e. The second kappa shape index (κ2) is 8.28. The van der Waals surface area contributed by atoms with Gasteiger partial charge in [0.25, 0.3) is 0 Å². The Bertz CT molecular complexity index is 1040. The number of hydrogen-bond acceptors (Lipinski definition) is 4. The van der Waals surface area contributed by atoms with E-state index in [0.717, 1.165) is 56.2 Å². The molecule has 7 heteroatoms. The minimum atomic E-state index is 0.0255. The van der Waals surface area contributed by atoms with Crippen molar-refractivity contribution in [3.05, 3.63) is 59.8 Å². The average Bonchev–Trinajstić information content (AvgIpc) is 3.41. The maximum absolute atomic E-state index is 12.5. The summed E-state index contributed by atoms with van der Waals surface area (Å²) in [5.74, 6) is 1.63. The molecule has 2 aromatic carbocycles. The lowest BCUT2D eigenvalue weighted by Gasteiger charge is -2.34. The van der Waals surface area contributed by atoms with Crippen LogP contribution >= 0.6 is 0 Å². The van der Waals surface area contributed by atoms with E-state index in [2.05, 4.69) is 33.4 Å². The minimum Gasteiger partial charge on any atom is -0.454 e. The fraction of sp³-hybridized carbons (Fsp3) is 0.348. The van der Waals surface area contributed by atoms with Crippen LogP contribution in [-0.4, -0.2) is 60.3 Å². The van der Waals surface area contributed by atoms with Gasteiger partial charge in [0.15, 0.2) is 11.5 Å². The van der Waals surface area contributed by atoms with Crippen LogP contribution in [0.25, 0.3) is 10.9 Å². The number of carbonyl (C=O) groups is 1. The van der Waals surface area contributed by atoms with E-state index in [-0.39, 0.29) is 6.03 Å². The van der Waals surface area contributed by atoms with Gasteiger partial charge in [-0.1, -0.05) is 24.3 Å². The number of urea groups is 1. The summed E-state index contributed by atoms with van der Waals surface area (Å²) in [6, 6.07) is 14.4. The molecule has 2 aliphatic rings. The van der Waals surface area contributed by atoms with Gasteiger partial charge in [-0.3, -0.25) is 4.90 Å². The van der Waals surface area contributed by atoms with E-state index in [1.165, 1.54) is 16.5 Å². The Morgan fingerprint density at radius 2 is 1.87 bits per heavy atom. The summed E-state index contributed by atoms with van der Waals surface area (Å²) in [4.78, 5) is 20.1. The lowest BCUT2D eigenvalue weighted by molar-refractivity contribution is 0.135. The Hall–Kier alpha value is -3.19. The van der Waals surface area contributed by atoms with Crippen molar-refractivity contribution < 1.29 is 14.3 Å². The van der Waals surface area contributed by atoms with Crippen molar-refractivity contribution in [2.75, 3.05) is 39.5 Å². The number of carbonyl (C=O) groups excluding carboxylic acids is 1. The van der Waals surface area contributed by atoms with Crippen LogP contribution in [0.3, 0.4) is 0 Å². The molecule has 3 heterocycles. The molecule has 2 N–H and O–H groups in total. The predicted molar refractivity (Wildman–Crippen MR) is 115 cm³/mol. The highest BCUT2D eigenvalue weighted by Crippen LogP contribution is 2.32. The topological polar surface area (TPSA) is 69.8 Å². The van der Waals surface area contributed by atoms with Crippen molar-refractivity contribution in [3.63, 3.8) is 0 Å². The Labute approximate surface area is 175 Å². The van der Waals surface area contributed by atoms with Crippen LogP contribution in [0.4, 0.5) is 4.79 Å². The molecule has 1 fully saturated rings. The van der Waals surface area contributed by atoms with Gasteiger partial charge in [0.1, 0.15) is 0 Å². The van der Waals surface area contributed by atoms with Crippen LogP contribution in [-0.2, 0) is 13.0 Å². The van der Waals surface area contributed by atoms with Gasteiger partial charge in [-0.15, -0.1) is 0 Å². The Morgan fingerprint density at radius 1 is 1.03 bits per heavy atom. The first kappa shape index (κ1) is 18.8. The standard InChI is InChI=1S/C23H26N4O3/c28-23(24-8-7-18-14-25-20-4-2-1-3-19(18)20)27-11-9-26(10-12-27)15-17-5-6-21-22(13-17)30-16-29-21/h1-6,13-14,25H,7-12,15-16H2,(H,24,28). The monoisotopic (exact) mass is 406 g/mol. The van der Waals surface area contributed by atoms with Gasteiger partial charge in [-0.2, -0.15) is 0 Å². The molecule has 156 valence electrons. The lowest BCUT2D eigenvalue weighted by Crippen LogP contribution is -2.51. The van der Waals surface area contributed by atoms with Crippen LogP contribution in [0.15, 0.2) is 48.7 Å². The summed E-state index contributed by atoms with van der Waals surface area (Å²) in [5.41, 5.74) is 3.58. The van der Waals surface area contributed by atoms with E-state index in [1.54, 1.807) is 0 Å². The summed E-state index contributed by atoms with van der Waals surface area (Å²) >= 11 is 0. The number of rotatable bonds is 5. The van der Waals surface area contributed by atoms with Gasteiger partial charge in [-0.25, -0.2) is 4.79 Å². The van der Waals surface area contributed by atoms with Gasteiger partial charge in [0.05, 0.1) is 0 Å². The lowest BCUT2D eigenvalue weighted by atomic mass is 10.1. The van der Waals surface area contributed by atoms with Crippen molar-refractivity contribution in [3.8, 4) is 11.5 Å². The first-order chi connectivity index (χ1) is 14.8. The number of ether oxygens (including phenoxy) is 2. The van der Waals surface area contributed by atoms with Crippen molar-refractivity contribution in [1.29, 1.82) is 0 Å². The van der Waals surface area contributed by atoms with Gasteiger partial charge < -0.3 is 24.7 Å². The fourth-order valence-corrected chi connectivity index (χ4v) is 4.16. The molecule has 3 aromatic rings. The number of aromatic nitrogens is 1. The average molecular weight is 406 g/mol. The molecular formula is C23H26N4O3. The summed E-state index contributed by atoms with van der Waals surface area (Å²) in [5, 5.41) is 4.30. The molecule has 0 saturated carbocycles. The van der Waals surface area contributed by atoms with E-state index in [9.17, 15) is 4.79 Å².